The molecule has 0 aliphatic carbocycles. The van der Waals surface area contributed by atoms with Crippen LogP contribution in [0, 0.1) is 0 Å². The molecule has 1 saturated heterocycles. The van der Waals surface area contributed by atoms with Gasteiger partial charge in [-0.2, -0.15) is 10.3 Å². The third-order valence-corrected chi connectivity index (χ3v) is 4.16. The number of amides is 1. The smallest absolute Gasteiger partial charge is 0.229 e. The molecule has 3 rings (SSSR count). The highest BCUT2D eigenvalue weighted by Crippen LogP contribution is 2.26. The van der Waals surface area contributed by atoms with Crippen molar-refractivity contribution < 1.29 is 13.2 Å². The van der Waals surface area contributed by atoms with E-state index in [0.717, 1.165) is 0 Å². The van der Waals surface area contributed by atoms with E-state index in [1.807, 2.05) is 0 Å². The first kappa shape index (κ1) is 11.9. The summed E-state index contributed by atoms with van der Waals surface area (Å²) in [7, 11) is -3.77. The van der Waals surface area contributed by atoms with E-state index < -0.39 is 15.3 Å². The number of rotatable bonds is 2. The van der Waals surface area contributed by atoms with Gasteiger partial charge in [0.15, 0.2) is 11.3 Å². The number of anilines is 1. The van der Waals surface area contributed by atoms with Crippen LogP contribution in [0.1, 0.15) is 6.42 Å². The van der Waals surface area contributed by atoms with Crippen molar-refractivity contribution in [3.05, 3.63) is 6.33 Å². The zero-order chi connectivity index (χ0) is 13.6. The average molecular weight is 283 g/mol. The van der Waals surface area contributed by atoms with Gasteiger partial charge in [-0.25, -0.2) is 23.5 Å². The van der Waals surface area contributed by atoms with Crippen molar-refractivity contribution in [1.29, 1.82) is 0 Å². The van der Waals surface area contributed by atoms with Crippen molar-refractivity contribution in [3.8, 4) is 0 Å². The van der Waals surface area contributed by atoms with Gasteiger partial charge in [0.25, 0.3) is 0 Å². The molecule has 11 heteroatoms. The van der Waals surface area contributed by atoms with Gasteiger partial charge in [0.05, 0.1) is 0 Å². The third kappa shape index (κ3) is 1.92. The normalized spacial score (nSPS) is 20.4. The maximum Gasteiger partial charge on any atom is 0.229 e. The highest BCUT2D eigenvalue weighted by Gasteiger charge is 2.38. The van der Waals surface area contributed by atoms with Crippen LogP contribution >= 0.6 is 0 Å². The fourth-order valence-corrected chi connectivity index (χ4v) is 2.69. The number of nitrogens with one attached hydrogen (secondary N) is 1. The first-order valence-electron chi connectivity index (χ1n) is 5.30. The molecule has 10 nitrogen and oxygen atoms in total. The standard InChI is InChI=1S/C8H9N7O3S/c9-19(17,18)4-1-5(16)15(2-4)8-6-7(10-3-11-8)13-14-12-6/h3-4H,1-2H2,(H2,9,17,18)(H,10,11,12,13,14). The predicted octanol–water partition coefficient (Wildman–Crippen LogP) is -1.86. The van der Waals surface area contributed by atoms with E-state index in [2.05, 4.69) is 25.4 Å². The van der Waals surface area contributed by atoms with Crippen LogP contribution in [0.2, 0.25) is 0 Å². The zero-order valence-electron chi connectivity index (χ0n) is 9.52. The molecule has 3 heterocycles. The Morgan fingerprint density at radius 3 is 2.84 bits per heavy atom. The minimum atomic E-state index is -3.77. The Balaban J connectivity index is 2.04. The van der Waals surface area contributed by atoms with E-state index in [1.54, 1.807) is 0 Å². The van der Waals surface area contributed by atoms with E-state index in [-0.39, 0.29) is 24.7 Å². The SMILES string of the molecule is NS(=O)(=O)C1CC(=O)N(c2ncnc3n[nH]nc23)C1. The van der Waals surface area contributed by atoms with E-state index in [4.69, 9.17) is 5.14 Å². The second kappa shape index (κ2) is 3.93. The number of aromatic nitrogens is 5. The number of primary sulfonamides is 1. The minimum Gasteiger partial charge on any atom is -0.293 e. The number of H-pyrrole nitrogens is 1. The molecule has 0 saturated carbocycles. The van der Waals surface area contributed by atoms with Gasteiger partial charge < -0.3 is 0 Å². The number of hydrogen-bond donors (Lipinski definition) is 2. The summed E-state index contributed by atoms with van der Waals surface area (Å²) in [5.74, 6) is -0.142. The summed E-state index contributed by atoms with van der Waals surface area (Å²) < 4.78 is 22.6. The average Bonchev–Trinajstić information content (AvgIpc) is 2.93. The van der Waals surface area contributed by atoms with Crippen LogP contribution in [0.5, 0.6) is 0 Å². The first-order chi connectivity index (χ1) is 8.97. The lowest BCUT2D eigenvalue weighted by atomic mass is 10.4. The van der Waals surface area contributed by atoms with Crippen LogP contribution in [0.3, 0.4) is 0 Å². The molecular weight excluding hydrogens is 274 g/mol. The Hall–Kier alpha value is -2.14. The van der Waals surface area contributed by atoms with Crippen LogP contribution in [-0.2, 0) is 14.8 Å². The van der Waals surface area contributed by atoms with Gasteiger partial charge in [0, 0.05) is 13.0 Å². The van der Waals surface area contributed by atoms with Crippen LogP contribution < -0.4 is 10.0 Å². The first-order valence-corrected chi connectivity index (χ1v) is 6.91. The summed E-state index contributed by atoms with van der Waals surface area (Å²) >= 11 is 0. The van der Waals surface area contributed by atoms with Gasteiger partial charge in [-0.15, -0.1) is 5.10 Å². The molecule has 2 aromatic heterocycles. The molecule has 19 heavy (non-hydrogen) atoms. The molecule has 1 aliphatic rings. The quantitative estimate of drug-likeness (QED) is 0.656. The van der Waals surface area contributed by atoms with Crippen molar-refractivity contribution in [2.75, 3.05) is 11.4 Å². The molecule has 0 bridgehead atoms. The summed E-state index contributed by atoms with van der Waals surface area (Å²) in [4.78, 5) is 21.0. The van der Waals surface area contributed by atoms with E-state index >= 15 is 0 Å². The molecule has 1 atom stereocenters. The monoisotopic (exact) mass is 283 g/mol. The molecule has 0 radical (unpaired) electrons. The minimum absolute atomic E-state index is 0.0450. The van der Waals surface area contributed by atoms with Gasteiger partial charge in [-0.05, 0) is 0 Å². The van der Waals surface area contributed by atoms with Gasteiger partial charge in [0.2, 0.25) is 21.6 Å². The molecule has 0 aromatic carbocycles. The summed E-state index contributed by atoms with van der Waals surface area (Å²) in [5.41, 5.74) is 0.614. The van der Waals surface area contributed by atoms with Gasteiger partial charge in [0.1, 0.15) is 11.6 Å². The number of aromatic amines is 1. The summed E-state index contributed by atoms with van der Waals surface area (Å²) in [5, 5.41) is 14.1. The van der Waals surface area contributed by atoms with E-state index in [9.17, 15) is 13.2 Å². The topological polar surface area (TPSA) is 148 Å². The lowest BCUT2D eigenvalue weighted by Crippen LogP contribution is -2.32. The van der Waals surface area contributed by atoms with Crippen LogP contribution in [0.15, 0.2) is 6.33 Å². The van der Waals surface area contributed by atoms with Crippen molar-refractivity contribution >= 4 is 32.9 Å². The zero-order valence-corrected chi connectivity index (χ0v) is 10.3. The highest BCUT2D eigenvalue weighted by molar-refractivity contribution is 7.89. The van der Waals surface area contributed by atoms with Gasteiger partial charge in [-0.1, -0.05) is 0 Å². The van der Waals surface area contributed by atoms with Crippen molar-refractivity contribution in [2.45, 2.75) is 11.7 Å². The number of fused-ring (bicyclic) bond motifs is 1. The summed E-state index contributed by atoms with van der Waals surface area (Å²) in [6, 6.07) is 0. The van der Waals surface area contributed by atoms with Crippen molar-refractivity contribution in [2.24, 2.45) is 5.14 Å². The van der Waals surface area contributed by atoms with E-state index in [1.165, 1.54) is 11.2 Å². The van der Waals surface area contributed by atoms with E-state index in [0.29, 0.717) is 11.2 Å². The molecular formula is C8H9N7O3S. The van der Waals surface area contributed by atoms with Crippen LogP contribution in [-0.4, -0.2) is 51.5 Å². The number of nitrogens with two attached hydrogens (primary N) is 1. The maximum atomic E-state index is 11.9. The van der Waals surface area contributed by atoms with Gasteiger partial charge >= 0.3 is 0 Å². The molecule has 1 unspecified atom stereocenters. The van der Waals surface area contributed by atoms with Gasteiger partial charge in [-0.3, -0.25) is 9.69 Å². The van der Waals surface area contributed by atoms with Crippen molar-refractivity contribution in [3.63, 3.8) is 0 Å². The number of carbonyl (C=O) groups is 1. The van der Waals surface area contributed by atoms with Crippen LogP contribution in [0.4, 0.5) is 5.82 Å². The number of sulfonamides is 1. The Morgan fingerprint density at radius 1 is 1.37 bits per heavy atom. The second-order valence-corrected chi connectivity index (χ2v) is 5.96. The molecule has 1 amide bonds. The fraction of sp³-hybridized carbons (Fsp3) is 0.375. The summed E-state index contributed by atoms with van der Waals surface area (Å²) in [6.07, 6.45) is 1.07. The lowest BCUT2D eigenvalue weighted by Gasteiger charge is -2.14. The maximum absolute atomic E-state index is 11.9. The molecule has 2 aromatic rings. The predicted molar refractivity (Wildman–Crippen MR) is 63.3 cm³/mol. The number of carbonyl (C=O) groups excluding carboxylic acids is 1. The highest BCUT2D eigenvalue weighted by atomic mass is 32.2. The molecule has 100 valence electrons. The van der Waals surface area contributed by atoms with Crippen LogP contribution in [0.25, 0.3) is 11.2 Å². The largest absolute Gasteiger partial charge is 0.293 e. The van der Waals surface area contributed by atoms with Crippen molar-refractivity contribution in [1.82, 2.24) is 25.4 Å². The Morgan fingerprint density at radius 2 is 2.16 bits per heavy atom. The number of nitrogens with zero attached hydrogens (tertiary/aromatic N) is 5. The second-order valence-electron chi connectivity index (χ2n) is 4.11. The molecule has 0 spiro atoms. The lowest BCUT2D eigenvalue weighted by molar-refractivity contribution is -0.117. The fourth-order valence-electron chi connectivity index (χ4n) is 1.96. The summed E-state index contributed by atoms with van der Waals surface area (Å²) in [6.45, 7) is -0.0450. The Bertz CT molecular complexity index is 755. The molecule has 1 aliphatic heterocycles. The number of hydrogen-bond acceptors (Lipinski definition) is 7. The Kier molecular flexibility index (Phi) is 2.46. The molecule has 3 N–H and O–H groups in total. The molecule has 1 fully saturated rings. The third-order valence-electron chi connectivity index (χ3n) is 2.91. The Labute approximate surface area is 107 Å².